The van der Waals surface area contributed by atoms with Gasteiger partial charge in [-0.05, 0) is 0 Å². The Morgan fingerprint density at radius 3 is 1.28 bits per heavy atom. The number of hydrogen-bond donors (Lipinski definition) is 0. The maximum absolute atomic E-state index is 6.94. The molecule has 1 aliphatic rings. The molecule has 0 amide bonds. The van der Waals surface area contributed by atoms with Gasteiger partial charge in [-0.2, -0.15) is 6.08 Å². The van der Waals surface area contributed by atoms with Crippen molar-refractivity contribution in [1.29, 1.82) is 0 Å². The molecule has 4 heteroatoms. The van der Waals surface area contributed by atoms with Crippen molar-refractivity contribution in [2.75, 3.05) is 0 Å². The van der Waals surface area contributed by atoms with E-state index in [1.165, 1.54) is 0 Å². The van der Waals surface area contributed by atoms with Gasteiger partial charge in [-0.25, -0.2) is 12.2 Å². The van der Waals surface area contributed by atoms with Gasteiger partial charge in [-0.3, -0.25) is 6.08 Å². The molecule has 0 aromatic heterocycles. The first-order valence-corrected chi connectivity index (χ1v) is 3.47. The van der Waals surface area contributed by atoms with Crippen LogP contribution in [0.15, 0.2) is 18.2 Å². The third kappa shape index (κ3) is 126. The van der Waals surface area contributed by atoms with E-state index in [1.54, 1.807) is 0 Å². The van der Waals surface area contributed by atoms with E-state index in [1.807, 2.05) is 32.9 Å². The number of halogens is 2. The van der Waals surface area contributed by atoms with Gasteiger partial charge in [0.2, 0.25) is 0 Å². The topological polar surface area (TPSA) is 23.8 Å². The zero-order valence-electron chi connectivity index (χ0n) is 13.3. The van der Waals surface area contributed by atoms with Crippen LogP contribution in [0.1, 0.15) is 27.2 Å². The van der Waals surface area contributed by atoms with Gasteiger partial charge < -0.3 is 42.9 Å². The summed E-state index contributed by atoms with van der Waals surface area (Å²) in [6, 6.07) is 0. The van der Waals surface area contributed by atoms with Crippen molar-refractivity contribution >= 4 is 24.8 Å². The van der Waals surface area contributed by atoms with E-state index in [0.29, 0.717) is 0 Å². The molecule has 0 saturated carbocycles. The van der Waals surface area contributed by atoms with Crippen LogP contribution < -0.4 is 0 Å². The first-order valence-electron chi connectivity index (χ1n) is 3.47. The van der Waals surface area contributed by atoms with Gasteiger partial charge >= 0.3 is 0 Å². The van der Waals surface area contributed by atoms with Gasteiger partial charge in [0, 0.05) is 21.7 Å². The second-order valence-electron chi connectivity index (χ2n) is 3.25. The Morgan fingerprint density at radius 2 is 1.22 bits per heavy atom. The van der Waals surface area contributed by atoms with Crippen LogP contribution in [0.5, 0.6) is 0 Å². The molecule has 18 heavy (non-hydrogen) atoms. The third-order valence-corrected chi connectivity index (χ3v) is 0.586. The van der Waals surface area contributed by atoms with E-state index < -0.39 is 0 Å². The van der Waals surface area contributed by atoms with Gasteiger partial charge in [0.1, 0.15) is 0 Å². The minimum absolute atomic E-state index is 0. The molecule has 0 aromatic carbocycles. The molecule has 1 rings (SSSR count). The minimum Gasteiger partial charge on any atom is -0.673 e. The second-order valence-corrected chi connectivity index (χ2v) is 3.25. The normalized spacial score (nSPS) is 8.22. The zero-order valence-corrected chi connectivity index (χ0v) is 16.5. The molecule has 0 aliphatic heterocycles. The predicted octanol–water partition coefficient (Wildman–Crippen LogP) is 6.24. The van der Waals surface area contributed by atoms with Crippen molar-refractivity contribution in [3.63, 3.8) is 0 Å². The molecule has 0 fully saturated rings. The first-order chi connectivity index (χ1) is 4.50. The van der Waals surface area contributed by atoms with Crippen LogP contribution in [-0.2, 0) is 21.7 Å². The maximum atomic E-state index is 6.94. The summed E-state index contributed by atoms with van der Waals surface area (Å²) in [6.45, 7) is 5.56. The second kappa shape index (κ2) is 36.1. The Morgan fingerprint density at radius 1 is 0.944 bits per heavy atom. The van der Waals surface area contributed by atoms with E-state index in [0.717, 1.165) is 6.42 Å². The van der Waals surface area contributed by atoms with Crippen LogP contribution in [0.25, 0.3) is 5.73 Å². The van der Waals surface area contributed by atoms with Crippen LogP contribution in [-0.4, -0.2) is 5.54 Å². The summed E-state index contributed by atoms with van der Waals surface area (Å²) >= 11 is 0. The molecular weight excluding hydrogens is 301 g/mol. The van der Waals surface area contributed by atoms with E-state index >= 15 is 0 Å². The molecular formula is C14H32Cl2NTi-7. The summed E-state index contributed by atoms with van der Waals surface area (Å²) in [6.07, 6.45) is 10.0. The van der Waals surface area contributed by atoms with Gasteiger partial charge in [0.05, 0.1) is 0 Å². The summed E-state index contributed by atoms with van der Waals surface area (Å²) in [5, 5.41) is 0. The summed E-state index contributed by atoms with van der Waals surface area (Å²) in [5.74, 6) is 0. The van der Waals surface area contributed by atoms with E-state index in [4.69, 9.17) is 5.73 Å². The van der Waals surface area contributed by atoms with Crippen molar-refractivity contribution in [2.45, 2.75) is 32.7 Å². The van der Waals surface area contributed by atoms with Gasteiger partial charge in [0.25, 0.3) is 0 Å². The molecule has 0 bridgehead atoms. The molecule has 0 saturated heterocycles. The van der Waals surface area contributed by atoms with Gasteiger partial charge in [-0.15, -0.1) is 36.8 Å². The molecule has 0 spiro atoms. The number of allylic oxidation sites excluding steroid dienone is 4. The molecule has 118 valence electrons. The molecule has 1 nitrogen and oxygen atoms in total. The quantitative estimate of drug-likeness (QED) is 0.370. The smallest absolute Gasteiger partial charge is 0 e. The van der Waals surface area contributed by atoms with Crippen molar-refractivity contribution in [2.24, 2.45) is 0 Å². The van der Waals surface area contributed by atoms with E-state index in [9.17, 15) is 0 Å². The van der Waals surface area contributed by atoms with Crippen LogP contribution in [0.2, 0.25) is 0 Å². The number of nitrogens with one attached hydrogen (secondary N) is 1. The largest absolute Gasteiger partial charge is 0.673 e. The Hall–Kier alpha value is 0.734. The van der Waals surface area contributed by atoms with E-state index in [2.05, 4.69) is 12.2 Å². The Balaban J connectivity index is -0.00000000890. The standard InChI is InChI=1S/C5H5.C4H10N.5CH3.2ClH.Ti/c1-2-4-5-3-1;1-4(2,3)5;;;;;;;;/h1-3H,4H2;5H,1-3H3;5*1H3;2*1H;/q7*-1;;;. The molecule has 0 aromatic rings. The van der Waals surface area contributed by atoms with Crippen molar-refractivity contribution in [1.82, 2.24) is 0 Å². The Bertz CT molecular complexity index is 125. The fourth-order valence-corrected chi connectivity index (χ4v) is 0.340. The van der Waals surface area contributed by atoms with Crippen molar-refractivity contribution in [3.05, 3.63) is 67.2 Å². The average molecular weight is 333 g/mol. The molecule has 1 aliphatic carbocycles. The van der Waals surface area contributed by atoms with Gasteiger partial charge in [-0.1, -0.05) is 20.8 Å². The summed E-state index contributed by atoms with van der Waals surface area (Å²) < 4.78 is 0. The number of rotatable bonds is 0. The zero-order chi connectivity index (χ0) is 8.04. The fraction of sp³-hybridized carbons (Fsp3) is 0.357. The maximum Gasteiger partial charge on any atom is 0 e. The molecule has 1 N–H and O–H groups in total. The summed E-state index contributed by atoms with van der Waals surface area (Å²) in [4.78, 5) is 0. The Kier molecular flexibility index (Phi) is 125. The van der Waals surface area contributed by atoms with Crippen LogP contribution in [0.4, 0.5) is 0 Å². The Labute approximate surface area is 146 Å². The predicted molar refractivity (Wildman–Crippen MR) is 92.2 cm³/mol. The van der Waals surface area contributed by atoms with E-state index in [-0.39, 0.29) is 89.2 Å². The van der Waals surface area contributed by atoms with Crippen LogP contribution in [0.3, 0.4) is 0 Å². The SMILES string of the molecule is CC(C)(C)[NH-].Cl.Cl.[C-]1=CC=CC1.[CH3-].[CH3-].[CH3-].[CH3-].[CH3-].[Ti]. The molecule has 0 heterocycles. The minimum atomic E-state index is -0.250. The van der Waals surface area contributed by atoms with Crippen molar-refractivity contribution < 1.29 is 21.7 Å². The third-order valence-electron chi connectivity index (χ3n) is 0.586. The molecule has 0 radical (unpaired) electrons. The molecule has 0 atom stereocenters. The number of hydrogen-bond acceptors (Lipinski definition) is 0. The average Bonchev–Trinajstić information content (AvgIpc) is 2.07. The summed E-state index contributed by atoms with van der Waals surface area (Å²) in [7, 11) is 0. The first kappa shape index (κ1) is 62.2. The monoisotopic (exact) mass is 332 g/mol. The molecule has 0 unspecified atom stereocenters. The van der Waals surface area contributed by atoms with Crippen LogP contribution >= 0.6 is 24.8 Å². The van der Waals surface area contributed by atoms with Crippen molar-refractivity contribution in [3.8, 4) is 0 Å². The fourth-order valence-electron chi connectivity index (χ4n) is 0.340. The van der Waals surface area contributed by atoms with Gasteiger partial charge in [0.15, 0.2) is 0 Å². The van der Waals surface area contributed by atoms with Crippen LogP contribution in [0, 0.1) is 43.2 Å². The summed E-state index contributed by atoms with van der Waals surface area (Å²) in [5.41, 5.74) is 6.69.